The fourth-order valence-electron chi connectivity index (χ4n) is 5.49. The maximum absolute atomic E-state index is 10.6. The van der Waals surface area contributed by atoms with Gasteiger partial charge in [-0.25, -0.2) is 0 Å². The first kappa shape index (κ1) is 18.8. The van der Waals surface area contributed by atoms with Crippen molar-refractivity contribution in [3.05, 3.63) is 30.3 Å². The Morgan fingerprint density at radius 2 is 1.96 bits per heavy atom. The molecule has 5 heteroatoms. The van der Waals surface area contributed by atoms with E-state index in [0.717, 1.165) is 6.42 Å². The maximum Gasteiger partial charge on any atom is 0.176 e. The molecule has 0 radical (unpaired) electrons. The van der Waals surface area contributed by atoms with Crippen LogP contribution in [-0.4, -0.2) is 48.0 Å². The molecule has 4 rings (SSSR count). The molecule has 2 saturated carbocycles. The first-order valence-corrected chi connectivity index (χ1v) is 9.81. The predicted molar refractivity (Wildman–Crippen MR) is 99.8 cm³/mol. The lowest BCUT2D eigenvalue weighted by Gasteiger charge is -2.68. The minimum absolute atomic E-state index is 0.105. The van der Waals surface area contributed by atoms with Gasteiger partial charge >= 0.3 is 0 Å². The number of para-hydroxylation sites is 1. The van der Waals surface area contributed by atoms with Crippen LogP contribution in [0.15, 0.2) is 30.3 Å². The quantitative estimate of drug-likeness (QED) is 0.797. The first-order valence-electron chi connectivity index (χ1n) is 9.81. The third kappa shape index (κ3) is 2.96. The average molecular weight is 372 g/mol. The molecule has 1 aromatic rings. The van der Waals surface area contributed by atoms with Gasteiger partial charge in [-0.2, -0.15) is 0 Å². The Morgan fingerprint density at radius 3 is 2.67 bits per heavy atom. The van der Waals surface area contributed by atoms with Crippen molar-refractivity contribution in [2.75, 3.05) is 19.8 Å². The normalized spacial score (nSPS) is 37.6. The van der Waals surface area contributed by atoms with Crippen molar-refractivity contribution in [3.8, 4) is 17.6 Å². The SMILES string of the molecule is CC1[C@@H]2[C@@H](C#C[C@H](O)COc3ccccc3)[C@H](O)CC[C@]2(C)C12OCCO2. The molecule has 0 amide bonds. The summed E-state index contributed by atoms with van der Waals surface area (Å²) in [5.74, 6) is 6.38. The number of rotatable bonds is 3. The summed E-state index contributed by atoms with van der Waals surface area (Å²) < 4.78 is 17.6. The van der Waals surface area contributed by atoms with Gasteiger partial charge in [0.05, 0.1) is 25.2 Å². The second kappa shape index (κ2) is 7.10. The number of aliphatic hydroxyl groups excluding tert-OH is 2. The van der Waals surface area contributed by atoms with Gasteiger partial charge in [-0.15, -0.1) is 0 Å². The summed E-state index contributed by atoms with van der Waals surface area (Å²) >= 11 is 0. The van der Waals surface area contributed by atoms with Gasteiger partial charge < -0.3 is 24.4 Å². The summed E-state index contributed by atoms with van der Waals surface area (Å²) in [4.78, 5) is 0. The van der Waals surface area contributed by atoms with Crippen LogP contribution >= 0.6 is 0 Å². The molecule has 6 atom stereocenters. The fraction of sp³-hybridized carbons (Fsp3) is 0.636. The summed E-state index contributed by atoms with van der Waals surface area (Å²) in [6, 6.07) is 9.36. The molecule has 1 saturated heterocycles. The molecule has 1 spiro atoms. The number of benzene rings is 1. The van der Waals surface area contributed by atoms with Crippen LogP contribution in [0, 0.1) is 35.0 Å². The molecule has 146 valence electrons. The number of aliphatic hydroxyl groups is 2. The second-order valence-electron chi connectivity index (χ2n) is 8.16. The zero-order valence-corrected chi connectivity index (χ0v) is 15.9. The van der Waals surface area contributed by atoms with E-state index >= 15 is 0 Å². The van der Waals surface area contributed by atoms with Crippen molar-refractivity contribution in [1.29, 1.82) is 0 Å². The third-order valence-corrected chi connectivity index (χ3v) is 6.71. The monoisotopic (exact) mass is 372 g/mol. The Balaban J connectivity index is 1.45. The van der Waals surface area contributed by atoms with E-state index in [2.05, 4.69) is 25.7 Å². The van der Waals surface area contributed by atoms with Gasteiger partial charge in [0, 0.05) is 11.3 Å². The van der Waals surface area contributed by atoms with E-state index in [9.17, 15) is 10.2 Å². The van der Waals surface area contributed by atoms with Gasteiger partial charge in [0.2, 0.25) is 0 Å². The minimum atomic E-state index is -0.895. The lowest BCUT2D eigenvalue weighted by atomic mass is 9.42. The molecule has 2 aliphatic carbocycles. The van der Waals surface area contributed by atoms with Crippen LogP contribution in [0.25, 0.3) is 0 Å². The van der Waals surface area contributed by atoms with Gasteiger partial charge in [0.1, 0.15) is 18.5 Å². The molecule has 1 aliphatic heterocycles. The van der Waals surface area contributed by atoms with Crippen molar-refractivity contribution < 1.29 is 24.4 Å². The van der Waals surface area contributed by atoms with Crippen LogP contribution in [0.3, 0.4) is 0 Å². The summed E-state index contributed by atoms with van der Waals surface area (Å²) in [7, 11) is 0. The van der Waals surface area contributed by atoms with Crippen molar-refractivity contribution in [1.82, 2.24) is 0 Å². The van der Waals surface area contributed by atoms with Crippen molar-refractivity contribution >= 4 is 0 Å². The predicted octanol–water partition coefficient (Wildman–Crippen LogP) is 2.22. The maximum atomic E-state index is 10.6. The Bertz CT molecular complexity index is 717. The molecule has 5 nitrogen and oxygen atoms in total. The molecule has 3 fully saturated rings. The molecule has 1 heterocycles. The van der Waals surface area contributed by atoms with Crippen molar-refractivity contribution in [2.24, 2.45) is 23.2 Å². The van der Waals surface area contributed by atoms with Crippen LogP contribution in [-0.2, 0) is 9.47 Å². The smallest absolute Gasteiger partial charge is 0.176 e. The molecule has 0 aromatic heterocycles. The highest BCUT2D eigenvalue weighted by Crippen LogP contribution is 2.69. The number of hydrogen-bond donors (Lipinski definition) is 2. The van der Waals surface area contributed by atoms with E-state index in [1.807, 2.05) is 30.3 Å². The van der Waals surface area contributed by atoms with Crippen LogP contribution < -0.4 is 4.74 Å². The molecule has 27 heavy (non-hydrogen) atoms. The highest BCUT2D eigenvalue weighted by Gasteiger charge is 2.74. The highest BCUT2D eigenvalue weighted by atomic mass is 16.7. The molecule has 3 aliphatic rings. The van der Waals surface area contributed by atoms with Crippen molar-refractivity contribution in [2.45, 2.75) is 44.7 Å². The van der Waals surface area contributed by atoms with Crippen molar-refractivity contribution in [3.63, 3.8) is 0 Å². The van der Waals surface area contributed by atoms with Gasteiger partial charge in [0.25, 0.3) is 0 Å². The molecule has 1 aromatic carbocycles. The summed E-state index contributed by atoms with van der Waals surface area (Å²) in [5.41, 5.74) is -0.146. The minimum Gasteiger partial charge on any atom is -0.490 e. The molecule has 0 bridgehead atoms. The fourth-order valence-corrected chi connectivity index (χ4v) is 5.49. The van der Waals surface area contributed by atoms with Crippen LogP contribution in [0.2, 0.25) is 0 Å². The van der Waals surface area contributed by atoms with E-state index in [1.165, 1.54) is 0 Å². The van der Waals surface area contributed by atoms with Gasteiger partial charge in [-0.1, -0.05) is 43.9 Å². The highest BCUT2D eigenvalue weighted by molar-refractivity contribution is 5.24. The van der Waals surface area contributed by atoms with Gasteiger partial charge in [0.15, 0.2) is 5.79 Å². The Labute approximate surface area is 160 Å². The van der Waals surface area contributed by atoms with E-state index < -0.39 is 18.0 Å². The largest absolute Gasteiger partial charge is 0.490 e. The number of fused-ring (bicyclic) bond motifs is 2. The zero-order chi connectivity index (χ0) is 19.1. The van der Waals surface area contributed by atoms with Gasteiger partial charge in [-0.3, -0.25) is 0 Å². The van der Waals surface area contributed by atoms with E-state index in [-0.39, 0.29) is 29.8 Å². The Kier molecular flexibility index (Phi) is 4.94. The Morgan fingerprint density at radius 1 is 1.26 bits per heavy atom. The molecular formula is C22H28O5. The van der Waals surface area contributed by atoms with Gasteiger partial charge in [-0.05, 0) is 30.9 Å². The lowest BCUT2D eigenvalue weighted by molar-refractivity contribution is -0.380. The second-order valence-corrected chi connectivity index (χ2v) is 8.16. The van der Waals surface area contributed by atoms with Crippen LogP contribution in [0.4, 0.5) is 0 Å². The summed E-state index contributed by atoms with van der Waals surface area (Å²) in [5, 5.41) is 20.8. The zero-order valence-electron chi connectivity index (χ0n) is 15.9. The third-order valence-electron chi connectivity index (χ3n) is 6.71. The van der Waals surface area contributed by atoms with E-state index in [4.69, 9.17) is 14.2 Å². The van der Waals surface area contributed by atoms with E-state index in [1.54, 1.807) is 0 Å². The average Bonchev–Trinajstić information content (AvgIpc) is 3.20. The topological polar surface area (TPSA) is 68.2 Å². The first-order chi connectivity index (χ1) is 13.0. The molecular weight excluding hydrogens is 344 g/mol. The number of hydrogen-bond acceptors (Lipinski definition) is 5. The molecule has 1 unspecified atom stereocenters. The summed E-state index contributed by atoms with van der Waals surface area (Å²) in [6.07, 6.45) is 0.151. The number of ether oxygens (including phenoxy) is 3. The van der Waals surface area contributed by atoms with Crippen LogP contribution in [0.1, 0.15) is 26.7 Å². The van der Waals surface area contributed by atoms with E-state index in [0.29, 0.717) is 25.4 Å². The summed E-state index contributed by atoms with van der Waals surface area (Å²) in [6.45, 7) is 5.67. The molecule has 2 N–H and O–H groups in total. The Hall–Kier alpha value is -1.58. The lowest BCUT2D eigenvalue weighted by Crippen LogP contribution is -2.73. The van der Waals surface area contributed by atoms with Crippen LogP contribution in [0.5, 0.6) is 5.75 Å². The standard InChI is InChI=1S/C22H28O5/c1-15-20-18(9-8-16(23)14-25-17-6-4-3-5-7-17)19(24)10-11-21(20,2)22(15)26-12-13-27-22/h3-7,15-16,18-20,23-24H,10-14H2,1-2H3/t15?,16-,18-,19+,20+,21-/m0/s1.